The molecule has 5 heteroatoms. The predicted octanol–water partition coefficient (Wildman–Crippen LogP) is 2.71. The van der Waals surface area contributed by atoms with Crippen LogP contribution < -0.4 is 0 Å². The number of allylic oxidation sites excluding steroid dienone is 2. The van der Waals surface area contributed by atoms with Crippen LogP contribution in [0.25, 0.3) is 0 Å². The van der Waals surface area contributed by atoms with Crippen LogP contribution >= 0.6 is 0 Å². The van der Waals surface area contributed by atoms with Crippen LogP contribution in [0.3, 0.4) is 0 Å². The number of esters is 1. The molecule has 3 atom stereocenters. The molecular formula is C20H24O5. The van der Waals surface area contributed by atoms with E-state index >= 15 is 0 Å². The second-order valence-corrected chi connectivity index (χ2v) is 6.56. The zero-order valence-electron chi connectivity index (χ0n) is 14.6. The van der Waals surface area contributed by atoms with Gasteiger partial charge in [0.05, 0.1) is 12.0 Å². The van der Waals surface area contributed by atoms with Crippen LogP contribution in [-0.4, -0.2) is 28.7 Å². The van der Waals surface area contributed by atoms with Crippen molar-refractivity contribution in [1.29, 1.82) is 0 Å². The smallest absolute Gasteiger partial charge is 0.310 e. The molecule has 0 amide bonds. The molecule has 134 valence electrons. The highest BCUT2D eigenvalue weighted by molar-refractivity contribution is 5.88. The number of ether oxygens (including phenoxy) is 1. The van der Waals surface area contributed by atoms with E-state index in [1.807, 2.05) is 24.3 Å². The molecule has 0 spiro atoms. The van der Waals surface area contributed by atoms with Gasteiger partial charge in [-0.05, 0) is 25.3 Å². The molecule has 0 saturated carbocycles. The van der Waals surface area contributed by atoms with Crippen molar-refractivity contribution in [2.45, 2.75) is 51.7 Å². The van der Waals surface area contributed by atoms with Gasteiger partial charge in [0.25, 0.3) is 0 Å². The Hall–Kier alpha value is -2.27. The number of carbonyl (C=O) groups excluding carboxylic acids is 3. The SMILES string of the molecule is CC(=O)C[C@H](O)CC(=O)[C@H]1OC(=O)[C@@H](C)C/C=C\Cc2ccccc21. The second kappa shape index (κ2) is 8.72. The van der Waals surface area contributed by atoms with Gasteiger partial charge in [-0.25, -0.2) is 0 Å². The summed E-state index contributed by atoms with van der Waals surface area (Å²) in [5.41, 5.74) is 1.54. The van der Waals surface area contributed by atoms with E-state index < -0.39 is 24.0 Å². The lowest BCUT2D eigenvalue weighted by Gasteiger charge is -2.23. The third kappa shape index (κ3) is 5.36. The number of aliphatic hydroxyl groups is 1. The maximum Gasteiger partial charge on any atom is 0.310 e. The topological polar surface area (TPSA) is 80.7 Å². The molecule has 25 heavy (non-hydrogen) atoms. The summed E-state index contributed by atoms with van der Waals surface area (Å²) in [4.78, 5) is 36.1. The molecule has 0 aromatic heterocycles. The summed E-state index contributed by atoms with van der Waals surface area (Å²) >= 11 is 0. The monoisotopic (exact) mass is 344 g/mol. The summed E-state index contributed by atoms with van der Waals surface area (Å²) in [5.74, 6) is -1.38. The van der Waals surface area contributed by atoms with E-state index in [0.717, 1.165) is 5.56 Å². The Labute approximate surface area is 147 Å². The van der Waals surface area contributed by atoms with E-state index in [0.29, 0.717) is 18.4 Å². The average Bonchev–Trinajstić information content (AvgIpc) is 2.55. The Morgan fingerprint density at radius 1 is 1.24 bits per heavy atom. The zero-order valence-corrected chi connectivity index (χ0v) is 14.6. The fourth-order valence-electron chi connectivity index (χ4n) is 2.86. The Bertz CT molecular complexity index is 676. The molecule has 1 N–H and O–H groups in total. The maximum atomic E-state index is 12.7. The van der Waals surface area contributed by atoms with Gasteiger partial charge in [-0.15, -0.1) is 0 Å². The Balaban J connectivity index is 2.31. The van der Waals surface area contributed by atoms with Crippen molar-refractivity contribution in [1.82, 2.24) is 0 Å². The van der Waals surface area contributed by atoms with Crippen molar-refractivity contribution in [3.8, 4) is 0 Å². The highest BCUT2D eigenvalue weighted by Crippen LogP contribution is 2.28. The summed E-state index contributed by atoms with van der Waals surface area (Å²) in [6.07, 6.45) is 2.68. The van der Waals surface area contributed by atoms with Crippen molar-refractivity contribution in [2.24, 2.45) is 5.92 Å². The minimum Gasteiger partial charge on any atom is -0.449 e. The number of rotatable bonds is 5. The molecule has 0 saturated heterocycles. The van der Waals surface area contributed by atoms with Gasteiger partial charge < -0.3 is 9.84 Å². The highest BCUT2D eigenvalue weighted by atomic mass is 16.5. The Morgan fingerprint density at radius 2 is 1.96 bits per heavy atom. The number of Topliss-reactive ketones (excluding diaryl/α,β-unsaturated/α-hetero) is 2. The molecular weight excluding hydrogens is 320 g/mol. The van der Waals surface area contributed by atoms with Crippen LogP contribution in [0.5, 0.6) is 0 Å². The second-order valence-electron chi connectivity index (χ2n) is 6.56. The van der Waals surface area contributed by atoms with E-state index in [-0.39, 0.29) is 24.5 Å². The van der Waals surface area contributed by atoms with Gasteiger partial charge in [0.2, 0.25) is 0 Å². The molecule has 0 radical (unpaired) electrons. The summed E-state index contributed by atoms with van der Waals surface area (Å²) in [5, 5.41) is 9.92. The molecule has 1 aliphatic heterocycles. The number of hydrogen-bond acceptors (Lipinski definition) is 5. The van der Waals surface area contributed by atoms with Gasteiger partial charge in [-0.1, -0.05) is 43.3 Å². The van der Waals surface area contributed by atoms with Crippen molar-refractivity contribution in [3.63, 3.8) is 0 Å². The predicted molar refractivity (Wildman–Crippen MR) is 92.8 cm³/mol. The molecule has 0 aliphatic carbocycles. The van der Waals surface area contributed by atoms with Gasteiger partial charge in [0, 0.05) is 18.4 Å². The van der Waals surface area contributed by atoms with Crippen molar-refractivity contribution in [3.05, 3.63) is 47.5 Å². The lowest BCUT2D eigenvalue weighted by molar-refractivity contribution is -0.160. The third-order valence-corrected chi connectivity index (χ3v) is 4.22. The van der Waals surface area contributed by atoms with E-state index in [9.17, 15) is 19.5 Å². The van der Waals surface area contributed by atoms with Crippen LogP contribution in [0.4, 0.5) is 0 Å². The molecule has 1 aliphatic rings. The fourth-order valence-corrected chi connectivity index (χ4v) is 2.86. The van der Waals surface area contributed by atoms with Crippen molar-refractivity contribution in [2.75, 3.05) is 0 Å². The lowest BCUT2D eigenvalue weighted by Crippen LogP contribution is -2.27. The van der Waals surface area contributed by atoms with Gasteiger partial charge >= 0.3 is 5.97 Å². The van der Waals surface area contributed by atoms with Crippen LogP contribution in [0.2, 0.25) is 0 Å². The van der Waals surface area contributed by atoms with Crippen molar-refractivity contribution < 1.29 is 24.2 Å². The van der Waals surface area contributed by atoms with E-state index in [1.165, 1.54) is 6.92 Å². The molecule has 1 heterocycles. The minimum atomic E-state index is -1.07. The van der Waals surface area contributed by atoms with E-state index in [2.05, 4.69) is 0 Å². The lowest BCUT2D eigenvalue weighted by atomic mass is 9.93. The molecule has 1 aromatic carbocycles. The summed E-state index contributed by atoms with van der Waals surface area (Å²) in [6, 6.07) is 7.32. The number of carbonyl (C=O) groups is 3. The first kappa shape index (κ1) is 19.1. The van der Waals surface area contributed by atoms with E-state index in [4.69, 9.17) is 4.74 Å². The number of ketones is 2. The first-order chi connectivity index (χ1) is 11.9. The number of fused-ring (bicyclic) bond motifs is 1. The largest absolute Gasteiger partial charge is 0.449 e. The molecule has 5 nitrogen and oxygen atoms in total. The Kier molecular flexibility index (Phi) is 6.65. The first-order valence-electron chi connectivity index (χ1n) is 8.52. The molecule has 0 fully saturated rings. The minimum absolute atomic E-state index is 0.0901. The number of benzene rings is 1. The fraction of sp³-hybridized carbons (Fsp3) is 0.450. The van der Waals surface area contributed by atoms with Crippen LogP contribution in [0.1, 0.15) is 50.3 Å². The van der Waals surface area contributed by atoms with Crippen LogP contribution in [-0.2, 0) is 25.5 Å². The summed E-state index contributed by atoms with van der Waals surface area (Å²) in [6.45, 7) is 3.12. The van der Waals surface area contributed by atoms with Gasteiger partial charge in [-0.3, -0.25) is 14.4 Å². The van der Waals surface area contributed by atoms with Gasteiger partial charge in [0.1, 0.15) is 5.78 Å². The van der Waals surface area contributed by atoms with Gasteiger partial charge in [-0.2, -0.15) is 0 Å². The van der Waals surface area contributed by atoms with Crippen LogP contribution in [0.15, 0.2) is 36.4 Å². The van der Waals surface area contributed by atoms with Crippen molar-refractivity contribution >= 4 is 17.5 Å². The standard InChI is InChI=1S/C20H24O5/c1-13-7-3-4-8-15-9-5-6-10-17(15)19(25-20(13)24)18(23)12-16(22)11-14(2)21/h3-6,9-10,13,16,19,22H,7-8,11-12H2,1-2H3/b4-3-/t13-,16-,19-/m0/s1. The Morgan fingerprint density at radius 3 is 2.68 bits per heavy atom. The molecule has 2 rings (SSSR count). The summed E-state index contributed by atoms with van der Waals surface area (Å²) in [7, 11) is 0. The maximum absolute atomic E-state index is 12.7. The molecule has 1 aromatic rings. The molecule has 0 bridgehead atoms. The highest BCUT2D eigenvalue weighted by Gasteiger charge is 2.30. The van der Waals surface area contributed by atoms with Crippen LogP contribution in [0, 0.1) is 5.92 Å². The quantitative estimate of drug-likeness (QED) is 0.656. The number of cyclic esters (lactones) is 1. The normalized spacial score (nSPS) is 23.1. The number of hydrogen-bond donors (Lipinski definition) is 1. The van der Waals surface area contributed by atoms with E-state index in [1.54, 1.807) is 19.1 Å². The zero-order chi connectivity index (χ0) is 18.4. The number of aliphatic hydroxyl groups excluding tert-OH is 1. The summed E-state index contributed by atoms with van der Waals surface area (Å²) < 4.78 is 5.51. The average molecular weight is 344 g/mol. The van der Waals surface area contributed by atoms with Gasteiger partial charge in [0.15, 0.2) is 11.9 Å². The third-order valence-electron chi connectivity index (χ3n) is 4.22. The first-order valence-corrected chi connectivity index (χ1v) is 8.52. The molecule has 0 unspecified atom stereocenters.